The number of nitrogens with zero attached hydrogens (tertiary/aromatic N) is 4. The highest BCUT2D eigenvalue weighted by Crippen LogP contribution is 2.34. The SMILES string of the molecule is CS(=O)(=O)Nc1cncc(-c2cnc3[nH]nc(-c4cc5c(-c6cccnc6)cccc5[nH]4)c3c2)c1. The van der Waals surface area contributed by atoms with Gasteiger partial charge in [-0.1, -0.05) is 18.2 Å². The molecule has 10 heteroatoms. The molecule has 35 heavy (non-hydrogen) atoms. The Kier molecular flexibility index (Phi) is 4.82. The van der Waals surface area contributed by atoms with E-state index < -0.39 is 10.0 Å². The molecular formula is C25H19N7O2S. The molecule has 0 fully saturated rings. The zero-order chi connectivity index (χ0) is 24.0. The lowest BCUT2D eigenvalue weighted by Gasteiger charge is -2.06. The third kappa shape index (κ3) is 4.00. The van der Waals surface area contributed by atoms with Crippen molar-refractivity contribution in [1.29, 1.82) is 0 Å². The summed E-state index contributed by atoms with van der Waals surface area (Å²) in [4.78, 5) is 16.4. The molecule has 0 unspecified atom stereocenters. The van der Waals surface area contributed by atoms with E-state index in [1.54, 1.807) is 24.7 Å². The van der Waals surface area contributed by atoms with Crippen molar-refractivity contribution < 1.29 is 8.42 Å². The maximum absolute atomic E-state index is 11.6. The number of aromatic nitrogens is 6. The van der Waals surface area contributed by atoms with Crippen molar-refractivity contribution in [3.05, 3.63) is 79.5 Å². The largest absolute Gasteiger partial charge is 0.353 e. The van der Waals surface area contributed by atoms with Gasteiger partial charge in [0.05, 0.1) is 23.8 Å². The highest BCUT2D eigenvalue weighted by Gasteiger charge is 2.15. The van der Waals surface area contributed by atoms with Gasteiger partial charge in [0, 0.05) is 57.8 Å². The van der Waals surface area contributed by atoms with Crippen LogP contribution in [0.25, 0.3) is 55.6 Å². The van der Waals surface area contributed by atoms with Crippen molar-refractivity contribution in [3.63, 3.8) is 0 Å². The number of pyridine rings is 3. The Bertz CT molecular complexity index is 1810. The van der Waals surface area contributed by atoms with E-state index in [4.69, 9.17) is 0 Å². The smallest absolute Gasteiger partial charge is 0.229 e. The lowest BCUT2D eigenvalue weighted by molar-refractivity contribution is 0.607. The van der Waals surface area contributed by atoms with E-state index >= 15 is 0 Å². The van der Waals surface area contributed by atoms with Crippen LogP contribution in [0.3, 0.4) is 0 Å². The standard InChI is InChI=1S/C25H19N7O2S/c1-35(33,34)32-18-8-16(12-27-14-18)17-9-21-24(30-31-25(21)28-13-17)23-10-20-19(5-2-6-22(20)29-23)15-4-3-7-26-11-15/h2-14,29,32H,1H3,(H,28,30,31). The summed E-state index contributed by atoms with van der Waals surface area (Å²) < 4.78 is 25.7. The molecule has 0 radical (unpaired) electrons. The highest BCUT2D eigenvalue weighted by atomic mass is 32.2. The topological polar surface area (TPSA) is 129 Å². The zero-order valence-electron chi connectivity index (χ0n) is 18.5. The summed E-state index contributed by atoms with van der Waals surface area (Å²) in [6.45, 7) is 0. The number of hydrogen-bond acceptors (Lipinski definition) is 6. The number of benzene rings is 1. The highest BCUT2D eigenvalue weighted by molar-refractivity contribution is 7.92. The van der Waals surface area contributed by atoms with Gasteiger partial charge in [-0.3, -0.25) is 19.8 Å². The second-order valence-corrected chi connectivity index (χ2v) is 9.97. The van der Waals surface area contributed by atoms with Gasteiger partial charge < -0.3 is 4.98 Å². The van der Waals surface area contributed by atoms with Crippen molar-refractivity contribution in [2.75, 3.05) is 11.0 Å². The van der Waals surface area contributed by atoms with E-state index in [1.165, 1.54) is 6.20 Å². The molecule has 0 amide bonds. The Labute approximate surface area is 200 Å². The molecule has 9 nitrogen and oxygen atoms in total. The van der Waals surface area contributed by atoms with Gasteiger partial charge in [-0.15, -0.1) is 0 Å². The van der Waals surface area contributed by atoms with Gasteiger partial charge in [-0.2, -0.15) is 5.10 Å². The maximum atomic E-state index is 11.6. The summed E-state index contributed by atoms with van der Waals surface area (Å²) in [5.41, 5.74) is 7.25. The number of anilines is 1. The summed E-state index contributed by atoms with van der Waals surface area (Å²) in [5.74, 6) is 0. The number of fused-ring (bicyclic) bond motifs is 2. The van der Waals surface area contributed by atoms with Crippen LogP contribution in [-0.2, 0) is 10.0 Å². The molecule has 0 saturated carbocycles. The number of sulfonamides is 1. The van der Waals surface area contributed by atoms with Gasteiger partial charge in [0.25, 0.3) is 0 Å². The fraction of sp³-hybridized carbons (Fsp3) is 0.0400. The predicted molar refractivity (Wildman–Crippen MR) is 136 cm³/mol. The number of nitrogens with one attached hydrogen (secondary N) is 3. The monoisotopic (exact) mass is 481 g/mol. The van der Waals surface area contributed by atoms with Gasteiger partial charge in [0.1, 0.15) is 5.69 Å². The van der Waals surface area contributed by atoms with E-state index in [0.717, 1.165) is 56.2 Å². The average molecular weight is 482 g/mol. The predicted octanol–water partition coefficient (Wildman–Crippen LogP) is 4.60. The van der Waals surface area contributed by atoms with Crippen LogP contribution in [0.15, 0.2) is 79.5 Å². The van der Waals surface area contributed by atoms with E-state index in [0.29, 0.717) is 11.3 Å². The van der Waals surface area contributed by atoms with E-state index in [-0.39, 0.29) is 0 Å². The van der Waals surface area contributed by atoms with Crippen LogP contribution in [0.2, 0.25) is 0 Å². The van der Waals surface area contributed by atoms with Gasteiger partial charge in [-0.25, -0.2) is 13.4 Å². The molecule has 5 aromatic heterocycles. The number of aromatic amines is 2. The summed E-state index contributed by atoms with van der Waals surface area (Å²) in [5, 5.41) is 9.43. The summed E-state index contributed by atoms with van der Waals surface area (Å²) in [6, 6.07) is 15.8. The first kappa shape index (κ1) is 21.0. The maximum Gasteiger partial charge on any atom is 0.229 e. The normalized spacial score (nSPS) is 11.8. The quantitative estimate of drug-likeness (QED) is 0.330. The fourth-order valence-corrected chi connectivity index (χ4v) is 4.73. The Morgan fingerprint density at radius 2 is 1.71 bits per heavy atom. The zero-order valence-corrected chi connectivity index (χ0v) is 19.3. The number of hydrogen-bond donors (Lipinski definition) is 3. The second-order valence-electron chi connectivity index (χ2n) is 8.22. The van der Waals surface area contributed by atoms with Crippen LogP contribution in [-0.4, -0.2) is 44.8 Å². The molecule has 6 rings (SSSR count). The van der Waals surface area contributed by atoms with Gasteiger partial charge in [0.2, 0.25) is 10.0 Å². The van der Waals surface area contributed by atoms with Crippen molar-refractivity contribution in [3.8, 4) is 33.6 Å². The van der Waals surface area contributed by atoms with Crippen LogP contribution >= 0.6 is 0 Å². The number of H-pyrrole nitrogens is 2. The molecule has 0 bridgehead atoms. The van der Waals surface area contributed by atoms with Gasteiger partial charge in [0.15, 0.2) is 5.65 Å². The molecular weight excluding hydrogens is 462 g/mol. The minimum absolute atomic E-state index is 0.385. The molecule has 1 aromatic carbocycles. The lowest BCUT2D eigenvalue weighted by atomic mass is 10.0. The molecule has 3 N–H and O–H groups in total. The van der Waals surface area contributed by atoms with Gasteiger partial charge >= 0.3 is 0 Å². The molecule has 0 spiro atoms. The third-order valence-electron chi connectivity index (χ3n) is 5.68. The van der Waals surface area contributed by atoms with Crippen molar-refractivity contribution >= 4 is 37.6 Å². The Morgan fingerprint density at radius 3 is 2.54 bits per heavy atom. The Morgan fingerprint density at radius 1 is 0.857 bits per heavy atom. The molecule has 0 aliphatic carbocycles. The summed E-state index contributed by atoms with van der Waals surface area (Å²) in [6.07, 6.45) is 9.54. The second kappa shape index (κ2) is 8.03. The minimum atomic E-state index is -3.41. The van der Waals surface area contributed by atoms with E-state index in [9.17, 15) is 8.42 Å². The first-order valence-electron chi connectivity index (χ1n) is 10.7. The van der Waals surface area contributed by atoms with Crippen LogP contribution in [0.5, 0.6) is 0 Å². The van der Waals surface area contributed by atoms with Crippen LogP contribution in [0.1, 0.15) is 0 Å². The van der Waals surface area contributed by atoms with E-state index in [1.807, 2.05) is 36.5 Å². The van der Waals surface area contributed by atoms with Crippen molar-refractivity contribution in [2.24, 2.45) is 0 Å². The Hall–Kier alpha value is -4.57. The third-order valence-corrected chi connectivity index (χ3v) is 6.29. The lowest BCUT2D eigenvalue weighted by Crippen LogP contribution is -2.09. The Balaban J connectivity index is 1.45. The molecule has 0 saturated heterocycles. The summed E-state index contributed by atoms with van der Waals surface area (Å²) >= 11 is 0. The fourth-order valence-electron chi connectivity index (χ4n) is 4.19. The molecule has 0 aliphatic rings. The van der Waals surface area contributed by atoms with Crippen molar-refractivity contribution in [2.45, 2.75) is 0 Å². The molecule has 6 aromatic rings. The first-order valence-corrected chi connectivity index (χ1v) is 12.6. The molecule has 0 aliphatic heterocycles. The van der Waals surface area contributed by atoms with Crippen molar-refractivity contribution in [1.82, 2.24) is 30.1 Å². The summed E-state index contributed by atoms with van der Waals surface area (Å²) in [7, 11) is -3.41. The molecule has 0 atom stereocenters. The number of rotatable bonds is 5. The van der Waals surface area contributed by atoms with Crippen LogP contribution in [0, 0.1) is 0 Å². The molecule has 172 valence electrons. The van der Waals surface area contributed by atoms with E-state index in [2.05, 4.69) is 47.0 Å². The minimum Gasteiger partial charge on any atom is -0.353 e. The van der Waals surface area contributed by atoms with Crippen LogP contribution in [0.4, 0.5) is 5.69 Å². The van der Waals surface area contributed by atoms with Crippen LogP contribution < -0.4 is 4.72 Å². The molecule has 5 heterocycles. The first-order chi connectivity index (χ1) is 16.9. The average Bonchev–Trinajstić information content (AvgIpc) is 3.47. The van der Waals surface area contributed by atoms with Gasteiger partial charge in [-0.05, 0) is 35.9 Å².